The number of hydrogen-bond acceptors (Lipinski definition) is 1. The summed E-state index contributed by atoms with van der Waals surface area (Å²) < 4.78 is 0. The van der Waals surface area contributed by atoms with Gasteiger partial charge in [0, 0.05) is 18.2 Å². The van der Waals surface area contributed by atoms with E-state index in [0.717, 1.165) is 19.3 Å². The van der Waals surface area contributed by atoms with Gasteiger partial charge in [-0.1, -0.05) is 18.2 Å². The normalized spacial score (nSPS) is 17.9. The molecule has 0 bridgehead atoms. The lowest BCUT2D eigenvalue weighted by molar-refractivity contribution is 0.692. The van der Waals surface area contributed by atoms with Crippen molar-refractivity contribution in [3.63, 3.8) is 0 Å². The first-order valence-electron chi connectivity index (χ1n) is 5.14. The average Bonchev–Trinajstić information content (AvgIpc) is 2.60. The lowest BCUT2D eigenvalue weighted by Crippen LogP contribution is -2.14. The van der Waals surface area contributed by atoms with Gasteiger partial charge in [-0.2, -0.15) is 0 Å². The Hall–Kier alpha value is -1.42. The standard InChI is InChI=1S/C13H15N/c1-2-3-4-8-12-10-11-7-5-6-9-13(11)14-12/h5-7,9,12,14H,4,8,10H2,1H3. The molecule has 72 valence electrons. The molecule has 1 aliphatic rings. The van der Waals surface area contributed by atoms with E-state index in [1.54, 1.807) is 0 Å². The summed E-state index contributed by atoms with van der Waals surface area (Å²) in [7, 11) is 0. The minimum Gasteiger partial charge on any atom is -0.382 e. The van der Waals surface area contributed by atoms with Gasteiger partial charge in [-0.05, 0) is 31.4 Å². The van der Waals surface area contributed by atoms with E-state index in [9.17, 15) is 0 Å². The first kappa shape index (κ1) is 9.15. The molecule has 1 heteroatoms. The van der Waals surface area contributed by atoms with Gasteiger partial charge >= 0.3 is 0 Å². The van der Waals surface area contributed by atoms with Crippen molar-refractivity contribution in [1.29, 1.82) is 0 Å². The van der Waals surface area contributed by atoms with Crippen LogP contribution >= 0.6 is 0 Å². The Kier molecular flexibility index (Phi) is 2.74. The summed E-state index contributed by atoms with van der Waals surface area (Å²) in [6.45, 7) is 1.90. The smallest absolute Gasteiger partial charge is 0.0375 e. The fraction of sp³-hybridized carbons (Fsp3) is 0.385. The fourth-order valence-electron chi connectivity index (χ4n) is 1.92. The molecule has 1 aromatic carbocycles. The number of nitrogens with one attached hydrogen (secondary N) is 1. The third kappa shape index (κ3) is 1.90. The molecule has 2 rings (SSSR count). The van der Waals surface area contributed by atoms with Gasteiger partial charge in [0.15, 0.2) is 0 Å². The highest BCUT2D eigenvalue weighted by atomic mass is 14.9. The van der Waals surface area contributed by atoms with E-state index in [0.29, 0.717) is 6.04 Å². The summed E-state index contributed by atoms with van der Waals surface area (Å²) in [5.74, 6) is 6.05. The zero-order chi connectivity index (χ0) is 9.80. The molecule has 1 heterocycles. The van der Waals surface area contributed by atoms with E-state index >= 15 is 0 Å². The molecular weight excluding hydrogens is 170 g/mol. The molecule has 0 aromatic heterocycles. The Morgan fingerprint density at radius 3 is 3.07 bits per heavy atom. The van der Waals surface area contributed by atoms with E-state index < -0.39 is 0 Å². The molecule has 1 aliphatic heterocycles. The lowest BCUT2D eigenvalue weighted by atomic mass is 10.1. The minimum absolute atomic E-state index is 0.591. The molecule has 1 nitrogen and oxygen atoms in total. The average molecular weight is 185 g/mol. The minimum atomic E-state index is 0.591. The molecule has 0 radical (unpaired) electrons. The van der Waals surface area contributed by atoms with Crippen molar-refractivity contribution < 1.29 is 0 Å². The van der Waals surface area contributed by atoms with Crippen LogP contribution in [0, 0.1) is 11.8 Å². The maximum absolute atomic E-state index is 3.53. The van der Waals surface area contributed by atoms with Crippen LogP contribution in [0.4, 0.5) is 5.69 Å². The maximum atomic E-state index is 3.53. The molecule has 1 aromatic rings. The van der Waals surface area contributed by atoms with Gasteiger partial charge in [-0.15, -0.1) is 11.8 Å². The molecule has 0 spiro atoms. The summed E-state index contributed by atoms with van der Waals surface area (Å²) in [5, 5.41) is 3.53. The van der Waals surface area contributed by atoms with Gasteiger partial charge in [0.2, 0.25) is 0 Å². The van der Waals surface area contributed by atoms with Gasteiger partial charge in [-0.3, -0.25) is 0 Å². The van der Waals surface area contributed by atoms with Crippen LogP contribution in [-0.2, 0) is 6.42 Å². The zero-order valence-corrected chi connectivity index (χ0v) is 8.51. The molecule has 0 saturated heterocycles. The van der Waals surface area contributed by atoms with Crippen LogP contribution in [0.2, 0.25) is 0 Å². The topological polar surface area (TPSA) is 12.0 Å². The molecule has 1 N–H and O–H groups in total. The van der Waals surface area contributed by atoms with E-state index in [1.807, 2.05) is 6.92 Å². The molecule has 0 saturated carbocycles. The van der Waals surface area contributed by atoms with Crippen LogP contribution in [0.1, 0.15) is 25.3 Å². The van der Waals surface area contributed by atoms with Crippen LogP contribution in [0.5, 0.6) is 0 Å². The Balaban J connectivity index is 1.94. The number of hydrogen-bond donors (Lipinski definition) is 1. The molecule has 1 atom stereocenters. The number of benzene rings is 1. The van der Waals surface area contributed by atoms with Gasteiger partial charge in [-0.25, -0.2) is 0 Å². The number of rotatable bonds is 2. The predicted molar refractivity (Wildman–Crippen MR) is 60.2 cm³/mol. The monoisotopic (exact) mass is 185 g/mol. The second-order valence-electron chi connectivity index (χ2n) is 3.67. The van der Waals surface area contributed by atoms with Crippen LogP contribution in [0.15, 0.2) is 24.3 Å². The van der Waals surface area contributed by atoms with Crippen molar-refractivity contribution in [3.8, 4) is 11.8 Å². The number of fused-ring (bicyclic) bond motifs is 1. The quantitative estimate of drug-likeness (QED) is 0.699. The van der Waals surface area contributed by atoms with Crippen LogP contribution in [-0.4, -0.2) is 6.04 Å². The van der Waals surface area contributed by atoms with Crippen molar-refractivity contribution in [1.82, 2.24) is 0 Å². The van der Waals surface area contributed by atoms with Crippen molar-refractivity contribution in [2.24, 2.45) is 0 Å². The van der Waals surface area contributed by atoms with Crippen molar-refractivity contribution in [3.05, 3.63) is 29.8 Å². The Bertz CT molecular complexity index is 345. The van der Waals surface area contributed by atoms with E-state index in [2.05, 4.69) is 41.4 Å². The van der Waals surface area contributed by atoms with Crippen molar-refractivity contribution in [2.45, 2.75) is 32.2 Å². The van der Waals surface area contributed by atoms with Gasteiger partial charge < -0.3 is 5.32 Å². The first-order valence-corrected chi connectivity index (χ1v) is 5.14. The van der Waals surface area contributed by atoms with Gasteiger partial charge in [0.1, 0.15) is 0 Å². The van der Waals surface area contributed by atoms with E-state index in [-0.39, 0.29) is 0 Å². The Morgan fingerprint density at radius 1 is 1.43 bits per heavy atom. The molecule has 14 heavy (non-hydrogen) atoms. The second kappa shape index (κ2) is 4.19. The van der Waals surface area contributed by atoms with Crippen LogP contribution in [0.25, 0.3) is 0 Å². The number of anilines is 1. The van der Waals surface area contributed by atoms with Gasteiger partial charge in [0.05, 0.1) is 0 Å². The largest absolute Gasteiger partial charge is 0.382 e. The highest BCUT2D eigenvalue weighted by molar-refractivity contribution is 5.56. The lowest BCUT2D eigenvalue weighted by Gasteiger charge is -2.07. The van der Waals surface area contributed by atoms with Crippen LogP contribution < -0.4 is 5.32 Å². The molecular formula is C13H15N. The summed E-state index contributed by atoms with van der Waals surface area (Å²) in [6.07, 6.45) is 3.30. The molecule has 0 aliphatic carbocycles. The van der Waals surface area contributed by atoms with Crippen molar-refractivity contribution in [2.75, 3.05) is 5.32 Å². The molecule has 0 fully saturated rings. The van der Waals surface area contributed by atoms with Crippen LogP contribution in [0.3, 0.4) is 0 Å². The summed E-state index contributed by atoms with van der Waals surface area (Å²) in [5.41, 5.74) is 2.75. The maximum Gasteiger partial charge on any atom is 0.0375 e. The summed E-state index contributed by atoms with van der Waals surface area (Å²) >= 11 is 0. The van der Waals surface area contributed by atoms with E-state index in [1.165, 1.54) is 11.3 Å². The van der Waals surface area contributed by atoms with E-state index in [4.69, 9.17) is 0 Å². The summed E-state index contributed by atoms with van der Waals surface area (Å²) in [4.78, 5) is 0. The third-order valence-electron chi connectivity index (χ3n) is 2.64. The molecule has 0 amide bonds. The zero-order valence-electron chi connectivity index (χ0n) is 8.51. The highest BCUT2D eigenvalue weighted by Gasteiger charge is 2.18. The van der Waals surface area contributed by atoms with Crippen molar-refractivity contribution >= 4 is 5.69 Å². The predicted octanol–water partition coefficient (Wildman–Crippen LogP) is 2.83. The SMILES string of the molecule is CC#CCCC1Cc2ccccc2N1. The number of para-hydroxylation sites is 1. The fourth-order valence-corrected chi connectivity index (χ4v) is 1.92. The van der Waals surface area contributed by atoms with Gasteiger partial charge in [0.25, 0.3) is 0 Å². The second-order valence-corrected chi connectivity index (χ2v) is 3.67. The first-order chi connectivity index (χ1) is 6.90. The summed E-state index contributed by atoms with van der Waals surface area (Å²) in [6, 6.07) is 9.14. The molecule has 1 unspecified atom stereocenters. The third-order valence-corrected chi connectivity index (χ3v) is 2.64. The highest BCUT2D eigenvalue weighted by Crippen LogP contribution is 2.26. The Labute approximate surface area is 85.5 Å². The Morgan fingerprint density at radius 2 is 2.29 bits per heavy atom.